The Hall–Kier alpha value is -2.80. The van der Waals surface area contributed by atoms with Crippen LogP contribution in [0.4, 0.5) is 0 Å². The SMILES string of the molecule is CCCn1c(O)c([C@H]2[NH2+]CCc3c2[nH]c2ccccc32)c(=O)[nH]c1=O. The number of hydrogen-bond donors (Lipinski definition) is 4. The van der Waals surface area contributed by atoms with Gasteiger partial charge in [0.2, 0.25) is 5.88 Å². The normalized spacial score (nSPS) is 16.9. The quantitative estimate of drug-likeness (QED) is 0.552. The van der Waals surface area contributed by atoms with E-state index in [2.05, 4.69) is 16.0 Å². The van der Waals surface area contributed by atoms with Gasteiger partial charge in [-0.05, 0) is 18.1 Å². The molecular weight excluding hydrogens is 320 g/mol. The summed E-state index contributed by atoms with van der Waals surface area (Å²) in [6.45, 7) is 3.09. The van der Waals surface area contributed by atoms with E-state index in [9.17, 15) is 14.7 Å². The van der Waals surface area contributed by atoms with Gasteiger partial charge in [-0.3, -0.25) is 14.3 Å². The minimum Gasteiger partial charge on any atom is -0.494 e. The van der Waals surface area contributed by atoms with Crippen molar-refractivity contribution in [2.24, 2.45) is 0 Å². The van der Waals surface area contributed by atoms with Gasteiger partial charge in [0, 0.05) is 23.9 Å². The molecule has 0 radical (unpaired) electrons. The van der Waals surface area contributed by atoms with Gasteiger partial charge in [-0.2, -0.15) is 0 Å². The Balaban J connectivity index is 1.95. The molecule has 0 spiro atoms. The zero-order valence-corrected chi connectivity index (χ0v) is 14.0. The lowest BCUT2D eigenvalue weighted by Gasteiger charge is -2.22. The van der Waals surface area contributed by atoms with Crippen molar-refractivity contribution in [2.75, 3.05) is 6.54 Å². The standard InChI is InChI=1S/C18H20N4O3/c1-2-9-22-17(24)13(16(23)21-18(22)25)15-14-11(7-8-19-15)10-5-3-4-6-12(10)20-14/h3-6,15,19-20,24H,2,7-9H2,1H3,(H,21,23,25)/p+1/t15-/m1/s1. The van der Waals surface area contributed by atoms with Gasteiger partial charge in [0.15, 0.2) is 6.04 Å². The first-order chi connectivity index (χ1) is 12.1. The van der Waals surface area contributed by atoms with Crippen LogP contribution in [0, 0.1) is 0 Å². The minimum atomic E-state index is -0.569. The van der Waals surface area contributed by atoms with Gasteiger partial charge in [0.05, 0.1) is 12.2 Å². The molecule has 0 saturated carbocycles. The molecular formula is C18H21N4O3+. The van der Waals surface area contributed by atoms with Crippen LogP contribution in [-0.4, -0.2) is 26.2 Å². The fourth-order valence-electron chi connectivity index (χ4n) is 3.82. The Kier molecular flexibility index (Phi) is 3.73. The smallest absolute Gasteiger partial charge is 0.331 e. The highest BCUT2D eigenvalue weighted by Crippen LogP contribution is 2.31. The monoisotopic (exact) mass is 341 g/mol. The lowest BCUT2D eigenvalue weighted by atomic mass is 9.95. The number of quaternary nitrogens is 1. The molecule has 7 nitrogen and oxygen atoms in total. The lowest BCUT2D eigenvalue weighted by molar-refractivity contribution is -0.690. The summed E-state index contributed by atoms with van der Waals surface area (Å²) >= 11 is 0. The second-order valence-electron chi connectivity index (χ2n) is 6.46. The topological polar surface area (TPSA) is 107 Å². The van der Waals surface area contributed by atoms with Gasteiger partial charge in [-0.1, -0.05) is 25.1 Å². The van der Waals surface area contributed by atoms with Crippen molar-refractivity contribution in [1.29, 1.82) is 0 Å². The van der Waals surface area contributed by atoms with Crippen LogP contribution in [-0.2, 0) is 13.0 Å². The first kappa shape index (κ1) is 15.7. The Morgan fingerprint density at radius 1 is 1.28 bits per heavy atom. The maximum Gasteiger partial charge on any atom is 0.331 e. The Bertz CT molecular complexity index is 1060. The Morgan fingerprint density at radius 2 is 2.08 bits per heavy atom. The molecule has 1 aliphatic rings. The average molecular weight is 341 g/mol. The van der Waals surface area contributed by atoms with E-state index >= 15 is 0 Å². The van der Waals surface area contributed by atoms with Gasteiger partial charge >= 0.3 is 5.69 Å². The number of benzene rings is 1. The molecule has 0 amide bonds. The number of rotatable bonds is 3. The van der Waals surface area contributed by atoms with E-state index in [1.807, 2.05) is 30.4 Å². The van der Waals surface area contributed by atoms with Crippen LogP contribution in [0.3, 0.4) is 0 Å². The van der Waals surface area contributed by atoms with Crippen LogP contribution in [0.25, 0.3) is 10.9 Å². The van der Waals surface area contributed by atoms with Gasteiger partial charge in [0.1, 0.15) is 5.56 Å². The number of aromatic amines is 2. The summed E-state index contributed by atoms with van der Waals surface area (Å²) in [7, 11) is 0. The highest BCUT2D eigenvalue weighted by molar-refractivity contribution is 5.85. The predicted molar refractivity (Wildman–Crippen MR) is 93.9 cm³/mol. The first-order valence-corrected chi connectivity index (χ1v) is 8.60. The molecule has 1 aliphatic heterocycles. The number of hydrogen-bond acceptors (Lipinski definition) is 3. The Morgan fingerprint density at radius 3 is 2.88 bits per heavy atom. The number of nitrogens with zero attached hydrogens (tertiary/aromatic N) is 1. The van der Waals surface area contributed by atoms with Crippen molar-refractivity contribution in [1.82, 2.24) is 14.5 Å². The summed E-state index contributed by atoms with van der Waals surface area (Å²) in [6.07, 6.45) is 1.58. The fourth-order valence-corrected chi connectivity index (χ4v) is 3.82. The van der Waals surface area contributed by atoms with Crippen LogP contribution < -0.4 is 16.6 Å². The van der Waals surface area contributed by atoms with E-state index in [0.717, 1.165) is 29.6 Å². The maximum atomic E-state index is 12.5. The number of fused-ring (bicyclic) bond motifs is 3. The third kappa shape index (κ3) is 2.39. The average Bonchev–Trinajstić information content (AvgIpc) is 2.98. The van der Waals surface area contributed by atoms with Gasteiger partial charge in [-0.25, -0.2) is 4.79 Å². The zero-order valence-electron chi connectivity index (χ0n) is 14.0. The van der Waals surface area contributed by atoms with Crippen molar-refractivity contribution in [3.05, 3.63) is 61.9 Å². The van der Waals surface area contributed by atoms with E-state index in [4.69, 9.17) is 0 Å². The van der Waals surface area contributed by atoms with E-state index < -0.39 is 11.2 Å². The minimum absolute atomic E-state index is 0.233. The van der Waals surface area contributed by atoms with Crippen molar-refractivity contribution in [3.63, 3.8) is 0 Å². The third-order valence-corrected chi connectivity index (χ3v) is 4.92. The lowest BCUT2D eigenvalue weighted by Crippen LogP contribution is -2.87. The molecule has 3 heterocycles. The molecule has 2 aromatic heterocycles. The van der Waals surface area contributed by atoms with Crippen LogP contribution in [0.15, 0.2) is 33.9 Å². The number of aromatic nitrogens is 3. The molecule has 4 rings (SSSR count). The third-order valence-electron chi connectivity index (χ3n) is 4.92. The van der Waals surface area contributed by atoms with Crippen LogP contribution in [0.1, 0.15) is 36.2 Å². The van der Waals surface area contributed by atoms with E-state index in [1.54, 1.807) is 0 Å². The molecule has 25 heavy (non-hydrogen) atoms. The van der Waals surface area contributed by atoms with E-state index in [0.29, 0.717) is 13.0 Å². The van der Waals surface area contributed by atoms with Gasteiger partial charge in [0.25, 0.3) is 5.56 Å². The van der Waals surface area contributed by atoms with E-state index in [1.165, 1.54) is 10.1 Å². The van der Waals surface area contributed by atoms with Crippen LogP contribution >= 0.6 is 0 Å². The van der Waals surface area contributed by atoms with Crippen molar-refractivity contribution < 1.29 is 10.4 Å². The summed E-state index contributed by atoms with van der Waals surface area (Å²) in [5, 5.41) is 13.8. The Labute approximate surface area is 143 Å². The molecule has 1 aromatic carbocycles. The van der Waals surface area contributed by atoms with Gasteiger partial charge in [-0.15, -0.1) is 0 Å². The second kappa shape index (κ2) is 5.93. The highest BCUT2D eigenvalue weighted by atomic mass is 16.3. The van der Waals surface area contributed by atoms with Crippen molar-refractivity contribution in [3.8, 4) is 5.88 Å². The maximum absolute atomic E-state index is 12.5. The van der Waals surface area contributed by atoms with Crippen LogP contribution in [0.2, 0.25) is 0 Å². The molecule has 0 saturated heterocycles. The summed E-state index contributed by atoms with van der Waals surface area (Å²) in [6, 6.07) is 7.68. The summed E-state index contributed by atoms with van der Waals surface area (Å²) in [4.78, 5) is 30.2. The predicted octanol–water partition coefficient (Wildman–Crippen LogP) is 0.342. The molecule has 7 heteroatoms. The van der Waals surface area contributed by atoms with Gasteiger partial charge < -0.3 is 15.4 Å². The summed E-state index contributed by atoms with van der Waals surface area (Å²) in [5.74, 6) is -0.233. The zero-order chi connectivity index (χ0) is 17.6. The molecule has 0 aliphatic carbocycles. The summed E-state index contributed by atoms with van der Waals surface area (Å²) in [5.41, 5.74) is 2.26. The number of aromatic hydroxyl groups is 1. The van der Waals surface area contributed by atoms with Crippen LogP contribution in [0.5, 0.6) is 5.88 Å². The number of nitrogens with two attached hydrogens (primary N) is 1. The fraction of sp³-hybridized carbons (Fsp3) is 0.333. The molecule has 3 aromatic rings. The summed E-state index contributed by atoms with van der Waals surface area (Å²) < 4.78 is 1.24. The largest absolute Gasteiger partial charge is 0.494 e. The van der Waals surface area contributed by atoms with E-state index in [-0.39, 0.29) is 17.5 Å². The molecule has 1 atom stereocenters. The first-order valence-electron chi connectivity index (χ1n) is 8.60. The molecule has 130 valence electrons. The highest BCUT2D eigenvalue weighted by Gasteiger charge is 2.34. The molecule has 0 unspecified atom stereocenters. The molecule has 0 fully saturated rings. The second-order valence-corrected chi connectivity index (χ2v) is 6.46. The molecule has 0 bridgehead atoms. The van der Waals surface area contributed by atoms with Crippen molar-refractivity contribution >= 4 is 10.9 Å². The number of nitrogens with one attached hydrogen (secondary N) is 2. The van der Waals surface area contributed by atoms with Crippen molar-refractivity contribution in [2.45, 2.75) is 32.4 Å². The number of H-pyrrole nitrogens is 2. The number of para-hydroxylation sites is 1. The molecule has 5 N–H and O–H groups in total.